The number of fused-ring (bicyclic) bond motifs is 1. The largest absolute Gasteiger partial charge is 0.397 e. The summed E-state index contributed by atoms with van der Waals surface area (Å²) < 4.78 is 0. The van der Waals surface area contributed by atoms with Crippen molar-refractivity contribution in [1.82, 2.24) is 9.88 Å². The van der Waals surface area contributed by atoms with Crippen LogP contribution in [0.2, 0.25) is 0 Å². The van der Waals surface area contributed by atoms with E-state index in [2.05, 4.69) is 10.3 Å². The molecule has 1 fully saturated rings. The highest BCUT2D eigenvalue weighted by Crippen LogP contribution is 2.27. The van der Waals surface area contributed by atoms with E-state index in [0.29, 0.717) is 5.69 Å². The molecule has 1 aliphatic heterocycles. The average molecular weight is 284 g/mol. The molecule has 5 nitrogen and oxygen atoms in total. The first kappa shape index (κ1) is 13.7. The number of nitrogens with two attached hydrogens (primary N) is 1. The van der Waals surface area contributed by atoms with Crippen LogP contribution in [-0.4, -0.2) is 34.9 Å². The molecule has 1 aromatic carbocycles. The molecule has 3 rings (SSSR count). The van der Waals surface area contributed by atoms with Crippen molar-refractivity contribution >= 4 is 28.2 Å². The number of hydrogen-bond acceptors (Lipinski definition) is 4. The molecule has 0 spiro atoms. The fourth-order valence-electron chi connectivity index (χ4n) is 2.83. The second-order valence-electron chi connectivity index (χ2n) is 5.50. The summed E-state index contributed by atoms with van der Waals surface area (Å²) in [5.41, 5.74) is 8.26. The zero-order valence-corrected chi connectivity index (χ0v) is 12.2. The number of anilines is 2. The monoisotopic (exact) mass is 284 g/mol. The maximum absolute atomic E-state index is 12.4. The lowest BCUT2D eigenvalue weighted by atomic mass is 10.1. The van der Waals surface area contributed by atoms with E-state index in [0.717, 1.165) is 42.5 Å². The molecule has 1 aliphatic rings. The van der Waals surface area contributed by atoms with Gasteiger partial charge in [-0.1, -0.05) is 0 Å². The summed E-state index contributed by atoms with van der Waals surface area (Å²) in [6, 6.07) is 7.32. The van der Waals surface area contributed by atoms with Gasteiger partial charge < -0.3 is 16.0 Å². The maximum atomic E-state index is 12.4. The Hall–Kier alpha value is -2.30. The number of nitrogen functional groups attached to an aromatic ring is 1. The summed E-state index contributed by atoms with van der Waals surface area (Å²) in [6.45, 7) is 3.64. The van der Waals surface area contributed by atoms with Gasteiger partial charge in [0.1, 0.15) is 6.04 Å². The Labute approximate surface area is 124 Å². The number of benzene rings is 1. The molecular weight excluding hydrogens is 264 g/mol. The van der Waals surface area contributed by atoms with E-state index in [1.165, 1.54) is 0 Å². The minimum absolute atomic E-state index is 0.154. The third-order valence-corrected chi connectivity index (χ3v) is 3.96. The number of nitrogens with one attached hydrogen (secondary N) is 1. The Morgan fingerprint density at radius 2 is 2.10 bits per heavy atom. The Morgan fingerprint density at radius 1 is 1.33 bits per heavy atom. The first-order valence-electron chi connectivity index (χ1n) is 7.35. The summed E-state index contributed by atoms with van der Waals surface area (Å²) in [6.07, 6.45) is 3.93. The lowest BCUT2D eigenvalue weighted by Crippen LogP contribution is -2.39. The van der Waals surface area contributed by atoms with Crippen LogP contribution in [0.4, 0.5) is 11.4 Å². The molecule has 1 saturated heterocycles. The van der Waals surface area contributed by atoms with E-state index >= 15 is 0 Å². The Bertz CT molecular complexity index is 664. The van der Waals surface area contributed by atoms with E-state index in [1.54, 1.807) is 6.20 Å². The van der Waals surface area contributed by atoms with Crippen LogP contribution < -0.4 is 11.1 Å². The third kappa shape index (κ3) is 2.63. The lowest BCUT2D eigenvalue weighted by Gasteiger charge is -2.22. The second kappa shape index (κ2) is 5.60. The van der Waals surface area contributed by atoms with Crippen molar-refractivity contribution < 1.29 is 4.79 Å². The van der Waals surface area contributed by atoms with Crippen molar-refractivity contribution in [2.45, 2.75) is 25.8 Å². The van der Waals surface area contributed by atoms with Crippen molar-refractivity contribution in [2.75, 3.05) is 24.1 Å². The summed E-state index contributed by atoms with van der Waals surface area (Å²) in [4.78, 5) is 18.6. The molecule has 0 aliphatic carbocycles. The molecule has 1 amide bonds. The molecule has 2 heterocycles. The molecule has 1 unspecified atom stereocenters. The van der Waals surface area contributed by atoms with Crippen molar-refractivity contribution in [1.29, 1.82) is 0 Å². The number of pyridine rings is 1. The quantitative estimate of drug-likeness (QED) is 0.848. The van der Waals surface area contributed by atoms with Crippen LogP contribution in [0.15, 0.2) is 30.5 Å². The van der Waals surface area contributed by atoms with E-state index < -0.39 is 0 Å². The highest BCUT2D eigenvalue weighted by atomic mass is 16.2. The Kier molecular flexibility index (Phi) is 3.64. The molecule has 110 valence electrons. The molecule has 3 N–H and O–H groups in total. The number of amides is 1. The predicted molar refractivity (Wildman–Crippen MR) is 85.1 cm³/mol. The zero-order chi connectivity index (χ0) is 14.8. The summed E-state index contributed by atoms with van der Waals surface area (Å²) in [7, 11) is 0. The normalized spacial score (nSPS) is 16.1. The fraction of sp³-hybridized carbons (Fsp3) is 0.375. The van der Waals surface area contributed by atoms with Crippen LogP contribution in [0.1, 0.15) is 19.8 Å². The van der Waals surface area contributed by atoms with Gasteiger partial charge in [0.2, 0.25) is 5.91 Å². The lowest BCUT2D eigenvalue weighted by molar-refractivity contribution is -0.130. The van der Waals surface area contributed by atoms with Gasteiger partial charge in [0.15, 0.2) is 0 Å². The number of nitrogens with zero attached hydrogens (tertiary/aromatic N) is 2. The van der Waals surface area contributed by atoms with Gasteiger partial charge in [-0.15, -0.1) is 0 Å². The SMILES string of the molecule is CC(Nc1ccc(N)c2ncccc12)C(=O)N1CCCC1. The van der Waals surface area contributed by atoms with Gasteiger partial charge in [0, 0.05) is 30.4 Å². The molecule has 0 bridgehead atoms. The molecule has 21 heavy (non-hydrogen) atoms. The number of carbonyl (C=O) groups is 1. The molecule has 1 atom stereocenters. The van der Waals surface area contributed by atoms with Gasteiger partial charge in [-0.3, -0.25) is 9.78 Å². The minimum Gasteiger partial charge on any atom is -0.397 e. The number of carbonyl (C=O) groups excluding carboxylic acids is 1. The van der Waals surface area contributed by atoms with Crippen LogP contribution >= 0.6 is 0 Å². The van der Waals surface area contributed by atoms with E-state index in [-0.39, 0.29) is 11.9 Å². The molecule has 0 saturated carbocycles. The van der Waals surface area contributed by atoms with E-state index in [4.69, 9.17) is 5.73 Å². The van der Waals surface area contributed by atoms with Gasteiger partial charge in [0.05, 0.1) is 11.2 Å². The van der Waals surface area contributed by atoms with Crippen molar-refractivity contribution in [2.24, 2.45) is 0 Å². The van der Waals surface area contributed by atoms with Gasteiger partial charge in [-0.05, 0) is 44.0 Å². The summed E-state index contributed by atoms with van der Waals surface area (Å²) >= 11 is 0. The summed E-state index contributed by atoms with van der Waals surface area (Å²) in [5.74, 6) is 0.154. The van der Waals surface area contributed by atoms with Gasteiger partial charge in [-0.25, -0.2) is 0 Å². The smallest absolute Gasteiger partial charge is 0.244 e. The van der Waals surface area contributed by atoms with E-state index in [1.807, 2.05) is 36.1 Å². The minimum atomic E-state index is -0.255. The standard InChI is InChI=1S/C16H20N4O/c1-11(16(21)20-9-2-3-10-20)19-14-7-6-13(17)15-12(14)5-4-8-18-15/h4-8,11,19H,2-3,9-10,17H2,1H3. The van der Waals surface area contributed by atoms with Gasteiger partial charge >= 0.3 is 0 Å². The summed E-state index contributed by atoms with van der Waals surface area (Å²) in [5, 5.41) is 4.25. The van der Waals surface area contributed by atoms with Crippen LogP contribution in [0.5, 0.6) is 0 Å². The zero-order valence-electron chi connectivity index (χ0n) is 12.2. The third-order valence-electron chi connectivity index (χ3n) is 3.96. The number of aromatic nitrogens is 1. The predicted octanol–water partition coefficient (Wildman–Crippen LogP) is 2.24. The number of hydrogen-bond donors (Lipinski definition) is 2. The van der Waals surface area contributed by atoms with Crippen molar-refractivity contribution in [3.8, 4) is 0 Å². The van der Waals surface area contributed by atoms with Crippen LogP contribution in [0.3, 0.4) is 0 Å². The van der Waals surface area contributed by atoms with Crippen molar-refractivity contribution in [3.05, 3.63) is 30.5 Å². The van der Waals surface area contributed by atoms with Gasteiger partial charge in [0.25, 0.3) is 0 Å². The average Bonchev–Trinajstić information content (AvgIpc) is 3.04. The highest BCUT2D eigenvalue weighted by molar-refractivity contribution is 5.99. The second-order valence-corrected chi connectivity index (χ2v) is 5.50. The number of rotatable bonds is 3. The molecule has 2 aromatic rings. The Balaban J connectivity index is 1.84. The molecule has 5 heteroatoms. The highest BCUT2D eigenvalue weighted by Gasteiger charge is 2.23. The molecule has 1 aromatic heterocycles. The van der Waals surface area contributed by atoms with Crippen molar-refractivity contribution in [3.63, 3.8) is 0 Å². The first-order chi connectivity index (χ1) is 10.2. The fourth-order valence-corrected chi connectivity index (χ4v) is 2.83. The maximum Gasteiger partial charge on any atom is 0.244 e. The van der Waals surface area contributed by atoms with Crippen LogP contribution in [-0.2, 0) is 4.79 Å². The van der Waals surface area contributed by atoms with E-state index in [9.17, 15) is 4.79 Å². The topological polar surface area (TPSA) is 71.2 Å². The Morgan fingerprint density at radius 3 is 2.86 bits per heavy atom. The molecular formula is C16H20N4O. The molecule has 0 radical (unpaired) electrons. The van der Waals surface area contributed by atoms with Gasteiger partial charge in [-0.2, -0.15) is 0 Å². The first-order valence-corrected chi connectivity index (χ1v) is 7.35. The number of likely N-dealkylation sites (tertiary alicyclic amines) is 1. The van der Waals surface area contributed by atoms with Crippen LogP contribution in [0.25, 0.3) is 10.9 Å². The van der Waals surface area contributed by atoms with Crippen LogP contribution in [0, 0.1) is 0 Å².